The van der Waals surface area contributed by atoms with Gasteiger partial charge in [-0.1, -0.05) is 0 Å². The number of rotatable bonds is 5. The molecule has 1 aliphatic heterocycles. The number of anilines is 1. The number of amides is 1. The van der Waals surface area contributed by atoms with E-state index in [-0.39, 0.29) is 12.5 Å². The number of piperazine rings is 1. The maximum Gasteiger partial charge on any atom is 0.338 e. The van der Waals surface area contributed by atoms with Crippen LogP contribution in [0.4, 0.5) is 5.69 Å². The van der Waals surface area contributed by atoms with E-state index < -0.39 is 5.97 Å². The molecular weight excluding hydrogens is 390 g/mol. The molecule has 0 N–H and O–H groups in total. The lowest BCUT2D eigenvalue weighted by Crippen LogP contribution is -2.49. The first-order valence-corrected chi connectivity index (χ1v) is 10.2. The summed E-state index contributed by atoms with van der Waals surface area (Å²) in [6.45, 7) is 2.40. The van der Waals surface area contributed by atoms with Gasteiger partial charge in [-0.05, 0) is 42.5 Å². The van der Waals surface area contributed by atoms with Crippen molar-refractivity contribution in [1.29, 1.82) is 0 Å². The standard InChI is InChI=1S/C21H21N3O4S/c1-27-17-5-3-16(4-6-17)23-8-10-24(11-9-23)20(25)13-28-21(26)15-2-7-18-19(12-15)29-14-22-18/h2-7,12,14H,8-11,13H2,1H3. The Hall–Kier alpha value is -3.13. The van der Waals surface area contributed by atoms with Crippen molar-refractivity contribution in [3.63, 3.8) is 0 Å². The second-order valence-electron chi connectivity index (χ2n) is 6.68. The third-order valence-corrected chi connectivity index (χ3v) is 5.76. The zero-order valence-electron chi connectivity index (χ0n) is 16.0. The highest BCUT2D eigenvalue weighted by Gasteiger charge is 2.22. The number of fused-ring (bicyclic) bond motifs is 1. The Bertz CT molecular complexity index is 1010. The van der Waals surface area contributed by atoms with Crippen molar-refractivity contribution in [1.82, 2.24) is 9.88 Å². The molecule has 2 aromatic carbocycles. The lowest BCUT2D eigenvalue weighted by molar-refractivity contribution is -0.134. The SMILES string of the molecule is COc1ccc(N2CCN(C(=O)COC(=O)c3ccc4ncsc4c3)CC2)cc1. The van der Waals surface area contributed by atoms with Crippen molar-refractivity contribution in [3.05, 3.63) is 53.5 Å². The van der Waals surface area contributed by atoms with Crippen LogP contribution >= 0.6 is 11.3 Å². The molecular formula is C21H21N3O4S. The quantitative estimate of drug-likeness (QED) is 0.601. The van der Waals surface area contributed by atoms with E-state index in [0.717, 1.165) is 34.7 Å². The topological polar surface area (TPSA) is 72.0 Å². The molecule has 0 radical (unpaired) electrons. The highest BCUT2D eigenvalue weighted by Crippen LogP contribution is 2.21. The summed E-state index contributed by atoms with van der Waals surface area (Å²) in [7, 11) is 1.64. The Morgan fingerprint density at radius 1 is 1.07 bits per heavy atom. The molecule has 3 aromatic rings. The van der Waals surface area contributed by atoms with Crippen LogP contribution in [0.25, 0.3) is 10.2 Å². The summed E-state index contributed by atoms with van der Waals surface area (Å²) in [5, 5.41) is 0. The normalized spacial score (nSPS) is 14.1. The van der Waals surface area contributed by atoms with Crippen molar-refractivity contribution in [2.75, 3.05) is 44.8 Å². The number of hydrogen-bond acceptors (Lipinski definition) is 7. The van der Waals surface area contributed by atoms with Gasteiger partial charge in [0, 0.05) is 31.9 Å². The fourth-order valence-corrected chi connectivity index (χ4v) is 4.01. The number of ether oxygens (including phenoxy) is 2. The van der Waals surface area contributed by atoms with Crippen molar-refractivity contribution in [2.24, 2.45) is 0 Å². The van der Waals surface area contributed by atoms with Crippen LogP contribution in [-0.4, -0.2) is 61.7 Å². The van der Waals surface area contributed by atoms with E-state index in [2.05, 4.69) is 9.88 Å². The number of hydrogen-bond donors (Lipinski definition) is 0. The predicted molar refractivity (Wildman–Crippen MR) is 112 cm³/mol. The fourth-order valence-electron chi connectivity index (χ4n) is 3.29. The van der Waals surface area contributed by atoms with E-state index in [1.165, 1.54) is 11.3 Å². The molecule has 1 fully saturated rings. The van der Waals surface area contributed by atoms with Gasteiger partial charge in [-0.15, -0.1) is 11.3 Å². The number of carbonyl (C=O) groups excluding carboxylic acids is 2. The van der Waals surface area contributed by atoms with Gasteiger partial charge in [-0.25, -0.2) is 9.78 Å². The maximum absolute atomic E-state index is 12.4. The number of methoxy groups -OCH3 is 1. The van der Waals surface area contributed by atoms with Gasteiger partial charge in [0.05, 0.1) is 28.4 Å². The molecule has 1 saturated heterocycles. The van der Waals surface area contributed by atoms with Crippen molar-refractivity contribution in [3.8, 4) is 5.75 Å². The average molecular weight is 411 g/mol. The molecule has 0 aliphatic carbocycles. The van der Waals surface area contributed by atoms with E-state index in [1.54, 1.807) is 35.7 Å². The van der Waals surface area contributed by atoms with Crippen LogP contribution in [0.2, 0.25) is 0 Å². The summed E-state index contributed by atoms with van der Waals surface area (Å²) >= 11 is 1.46. The second-order valence-corrected chi connectivity index (χ2v) is 7.56. The largest absolute Gasteiger partial charge is 0.497 e. The van der Waals surface area contributed by atoms with Crippen molar-refractivity contribution in [2.45, 2.75) is 0 Å². The molecule has 4 rings (SSSR count). The minimum absolute atomic E-state index is 0.174. The maximum atomic E-state index is 12.4. The van der Waals surface area contributed by atoms with Gasteiger partial charge in [0.15, 0.2) is 6.61 Å². The summed E-state index contributed by atoms with van der Waals surface area (Å²) in [5.74, 6) is 0.149. The highest BCUT2D eigenvalue weighted by molar-refractivity contribution is 7.16. The third kappa shape index (κ3) is 4.32. The highest BCUT2D eigenvalue weighted by atomic mass is 32.1. The number of benzene rings is 2. The smallest absolute Gasteiger partial charge is 0.338 e. The van der Waals surface area contributed by atoms with E-state index in [9.17, 15) is 9.59 Å². The molecule has 0 spiro atoms. The van der Waals surface area contributed by atoms with Gasteiger partial charge in [-0.3, -0.25) is 4.79 Å². The molecule has 1 aliphatic rings. The Labute approximate surface area is 172 Å². The fraction of sp³-hybridized carbons (Fsp3) is 0.286. The summed E-state index contributed by atoms with van der Waals surface area (Å²) in [4.78, 5) is 32.8. The molecule has 7 nitrogen and oxygen atoms in total. The molecule has 1 aromatic heterocycles. The summed E-state index contributed by atoms with van der Waals surface area (Å²) in [6.07, 6.45) is 0. The molecule has 2 heterocycles. The number of carbonyl (C=O) groups is 2. The Morgan fingerprint density at radius 2 is 1.83 bits per heavy atom. The summed E-state index contributed by atoms with van der Waals surface area (Å²) in [5.41, 5.74) is 4.11. The minimum Gasteiger partial charge on any atom is -0.497 e. The lowest BCUT2D eigenvalue weighted by Gasteiger charge is -2.36. The summed E-state index contributed by atoms with van der Waals surface area (Å²) in [6, 6.07) is 13.1. The molecule has 150 valence electrons. The van der Waals surface area contributed by atoms with E-state index in [4.69, 9.17) is 9.47 Å². The zero-order valence-corrected chi connectivity index (χ0v) is 16.9. The number of esters is 1. The van der Waals surface area contributed by atoms with Crippen LogP contribution in [-0.2, 0) is 9.53 Å². The van der Waals surface area contributed by atoms with Gasteiger partial charge >= 0.3 is 5.97 Å². The zero-order chi connectivity index (χ0) is 20.2. The van der Waals surface area contributed by atoms with Gasteiger partial charge in [0.1, 0.15) is 5.75 Å². The van der Waals surface area contributed by atoms with Gasteiger partial charge in [0.25, 0.3) is 5.91 Å². The Morgan fingerprint density at radius 3 is 2.55 bits per heavy atom. The minimum atomic E-state index is -0.495. The first kappa shape index (κ1) is 19.2. The van der Waals surface area contributed by atoms with Crippen LogP contribution in [0.3, 0.4) is 0 Å². The summed E-state index contributed by atoms with van der Waals surface area (Å²) < 4.78 is 11.3. The monoisotopic (exact) mass is 411 g/mol. The van der Waals surface area contributed by atoms with Gasteiger partial charge < -0.3 is 19.3 Å². The molecule has 0 saturated carbocycles. The first-order valence-electron chi connectivity index (χ1n) is 9.31. The van der Waals surface area contributed by atoms with Crippen LogP contribution < -0.4 is 9.64 Å². The van der Waals surface area contributed by atoms with Crippen LogP contribution in [0.1, 0.15) is 10.4 Å². The lowest BCUT2D eigenvalue weighted by atomic mass is 10.2. The number of aromatic nitrogens is 1. The molecule has 0 atom stereocenters. The number of thiazole rings is 1. The second kappa shape index (κ2) is 8.48. The van der Waals surface area contributed by atoms with Gasteiger partial charge in [0.2, 0.25) is 0 Å². The molecule has 1 amide bonds. The van der Waals surface area contributed by atoms with E-state index in [0.29, 0.717) is 18.7 Å². The van der Waals surface area contributed by atoms with Crippen molar-refractivity contribution >= 4 is 39.1 Å². The first-order chi connectivity index (χ1) is 14.1. The third-order valence-electron chi connectivity index (χ3n) is 4.96. The molecule has 0 unspecified atom stereocenters. The van der Waals surface area contributed by atoms with E-state index >= 15 is 0 Å². The van der Waals surface area contributed by atoms with Crippen molar-refractivity contribution < 1.29 is 19.1 Å². The van der Waals surface area contributed by atoms with Crippen LogP contribution in [0.5, 0.6) is 5.75 Å². The van der Waals surface area contributed by atoms with Gasteiger partial charge in [-0.2, -0.15) is 0 Å². The molecule has 0 bridgehead atoms. The Balaban J connectivity index is 1.27. The van der Waals surface area contributed by atoms with Crippen LogP contribution in [0.15, 0.2) is 48.0 Å². The number of nitrogens with zero attached hydrogens (tertiary/aromatic N) is 3. The Kier molecular flexibility index (Phi) is 5.62. The predicted octanol–water partition coefficient (Wildman–Crippen LogP) is 2.81. The van der Waals surface area contributed by atoms with E-state index in [1.807, 2.05) is 24.3 Å². The average Bonchev–Trinajstić information content (AvgIpc) is 3.25. The molecule has 29 heavy (non-hydrogen) atoms. The molecule has 8 heteroatoms. The van der Waals surface area contributed by atoms with Crippen LogP contribution in [0, 0.1) is 0 Å².